The van der Waals surface area contributed by atoms with E-state index in [9.17, 15) is 0 Å². The van der Waals surface area contributed by atoms with E-state index in [1.54, 1.807) is 6.20 Å². The van der Waals surface area contributed by atoms with Gasteiger partial charge in [0.1, 0.15) is 6.10 Å². The van der Waals surface area contributed by atoms with E-state index in [0.29, 0.717) is 5.88 Å². The van der Waals surface area contributed by atoms with Gasteiger partial charge < -0.3 is 4.74 Å². The lowest BCUT2D eigenvalue weighted by Gasteiger charge is -2.14. The molecule has 0 spiro atoms. The van der Waals surface area contributed by atoms with Crippen LogP contribution in [0.1, 0.15) is 18.2 Å². The van der Waals surface area contributed by atoms with E-state index in [1.807, 2.05) is 31.2 Å². The first-order valence-corrected chi connectivity index (χ1v) is 6.74. The Morgan fingerprint density at radius 2 is 2.00 bits per heavy atom. The number of aromatic nitrogens is 3. The first kappa shape index (κ1) is 12.7. The van der Waals surface area contributed by atoms with Crippen molar-refractivity contribution in [2.75, 3.05) is 0 Å². The summed E-state index contributed by atoms with van der Waals surface area (Å²) >= 11 is 0. The molecule has 3 aromatic rings. The molecule has 4 nitrogen and oxygen atoms in total. The summed E-state index contributed by atoms with van der Waals surface area (Å²) in [7, 11) is 0. The van der Waals surface area contributed by atoms with Crippen LogP contribution >= 0.6 is 0 Å². The summed E-state index contributed by atoms with van der Waals surface area (Å²) in [4.78, 5) is 4.34. The third-order valence-electron chi connectivity index (χ3n) is 3.29. The van der Waals surface area contributed by atoms with Crippen LogP contribution in [0.5, 0.6) is 5.88 Å². The minimum atomic E-state index is 0.0600. The third-order valence-corrected chi connectivity index (χ3v) is 3.29. The van der Waals surface area contributed by atoms with Gasteiger partial charge >= 0.3 is 0 Å². The van der Waals surface area contributed by atoms with Gasteiger partial charge in [-0.2, -0.15) is 5.10 Å². The molecule has 0 bridgehead atoms. The normalized spacial score (nSPS) is 12.5. The van der Waals surface area contributed by atoms with Gasteiger partial charge in [0.15, 0.2) is 0 Å². The molecule has 1 N–H and O–H groups in total. The van der Waals surface area contributed by atoms with Crippen molar-refractivity contribution in [3.05, 3.63) is 53.9 Å². The molecular weight excluding hydrogens is 250 g/mol. The predicted molar refractivity (Wildman–Crippen MR) is 78.9 cm³/mol. The summed E-state index contributed by atoms with van der Waals surface area (Å²) in [5.74, 6) is 0.650. The zero-order valence-electron chi connectivity index (χ0n) is 11.6. The highest BCUT2D eigenvalue weighted by atomic mass is 16.5. The number of nitrogens with one attached hydrogen (secondary N) is 1. The summed E-state index contributed by atoms with van der Waals surface area (Å²) in [5, 5.41) is 8.16. The van der Waals surface area contributed by atoms with Crippen molar-refractivity contribution in [2.24, 2.45) is 0 Å². The molecular formula is C16H17N3O. The van der Waals surface area contributed by atoms with Crippen molar-refractivity contribution < 1.29 is 4.74 Å². The van der Waals surface area contributed by atoms with E-state index in [0.717, 1.165) is 23.0 Å². The van der Waals surface area contributed by atoms with E-state index in [2.05, 4.69) is 34.2 Å². The topological polar surface area (TPSA) is 50.8 Å². The fourth-order valence-corrected chi connectivity index (χ4v) is 2.35. The van der Waals surface area contributed by atoms with E-state index >= 15 is 0 Å². The molecule has 0 saturated heterocycles. The molecule has 0 unspecified atom stereocenters. The van der Waals surface area contributed by atoms with Crippen LogP contribution in [0.3, 0.4) is 0 Å². The van der Waals surface area contributed by atoms with Gasteiger partial charge in [-0.15, -0.1) is 0 Å². The molecule has 2 aromatic heterocycles. The lowest BCUT2D eigenvalue weighted by molar-refractivity contribution is 0.216. The molecule has 1 atom stereocenters. The largest absolute Gasteiger partial charge is 0.474 e. The Morgan fingerprint density at radius 1 is 1.20 bits per heavy atom. The molecule has 20 heavy (non-hydrogen) atoms. The molecule has 0 fully saturated rings. The minimum absolute atomic E-state index is 0.0600. The number of aromatic amines is 1. The number of pyridine rings is 1. The van der Waals surface area contributed by atoms with Crippen LogP contribution in [0.4, 0.5) is 0 Å². The standard InChI is InChI=1S/C16H17N3O/c1-11(10-13-6-4-3-5-7-13)20-16-15-12(2)18-19-14(15)8-9-17-16/h3-9,11H,10H2,1-2H3,(H,18,19)/t11-/m0/s1. The smallest absolute Gasteiger partial charge is 0.225 e. The van der Waals surface area contributed by atoms with Crippen molar-refractivity contribution in [2.45, 2.75) is 26.4 Å². The SMILES string of the molecule is Cc1[nH]nc2ccnc(O[C@@H](C)Cc3ccccc3)c12. The highest BCUT2D eigenvalue weighted by Crippen LogP contribution is 2.25. The Balaban J connectivity index is 1.81. The van der Waals surface area contributed by atoms with Crippen LogP contribution in [-0.4, -0.2) is 21.3 Å². The van der Waals surface area contributed by atoms with Crippen molar-refractivity contribution in [3.8, 4) is 5.88 Å². The van der Waals surface area contributed by atoms with E-state index in [4.69, 9.17) is 4.74 Å². The average Bonchev–Trinajstić information content (AvgIpc) is 2.83. The van der Waals surface area contributed by atoms with Crippen LogP contribution in [0.25, 0.3) is 10.9 Å². The summed E-state index contributed by atoms with van der Waals surface area (Å²) in [6.45, 7) is 4.04. The molecule has 3 rings (SSSR count). The zero-order chi connectivity index (χ0) is 13.9. The van der Waals surface area contributed by atoms with Crippen molar-refractivity contribution in [1.82, 2.24) is 15.2 Å². The molecule has 0 aliphatic heterocycles. The second-order valence-corrected chi connectivity index (χ2v) is 4.98. The molecule has 0 radical (unpaired) electrons. The first-order valence-electron chi connectivity index (χ1n) is 6.74. The van der Waals surface area contributed by atoms with Crippen LogP contribution in [-0.2, 0) is 6.42 Å². The van der Waals surface area contributed by atoms with Crippen molar-refractivity contribution >= 4 is 10.9 Å². The van der Waals surface area contributed by atoms with Gasteiger partial charge in [-0.3, -0.25) is 5.10 Å². The van der Waals surface area contributed by atoms with Crippen molar-refractivity contribution in [3.63, 3.8) is 0 Å². The van der Waals surface area contributed by atoms with Gasteiger partial charge in [-0.1, -0.05) is 30.3 Å². The summed E-state index contributed by atoms with van der Waals surface area (Å²) in [6, 6.07) is 12.2. The molecule has 0 aliphatic carbocycles. The maximum atomic E-state index is 6.00. The summed E-state index contributed by atoms with van der Waals surface area (Å²) < 4.78 is 6.00. The number of ether oxygens (including phenoxy) is 1. The van der Waals surface area contributed by atoms with Crippen molar-refractivity contribution in [1.29, 1.82) is 0 Å². The van der Waals surface area contributed by atoms with Crippen LogP contribution in [0, 0.1) is 6.92 Å². The number of hydrogen-bond donors (Lipinski definition) is 1. The maximum absolute atomic E-state index is 6.00. The zero-order valence-corrected chi connectivity index (χ0v) is 11.6. The number of hydrogen-bond acceptors (Lipinski definition) is 3. The molecule has 4 heteroatoms. The maximum Gasteiger partial charge on any atom is 0.225 e. The second kappa shape index (κ2) is 5.33. The van der Waals surface area contributed by atoms with E-state index in [1.165, 1.54) is 5.56 Å². The molecule has 0 saturated carbocycles. The summed E-state index contributed by atoms with van der Waals surface area (Å²) in [6.07, 6.45) is 2.65. The second-order valence-electron chi connectivity index (χ2n) is 4.98. The fraction of sp³-hybridized carbons (Fsp3) is 0.250. The highest BCUT2D eigenvalue weighted by Gasteiger charge is 2.13. The predicted octanol–water partition coefficient (Wildman–Crippen LogP) is 3.28. The minimum Gasteiger partial charge on any atom is -0.474 e. The van der Waals surface area contributed by atoms with Gasteiger partial charge in [0.05, 0.1) is 10.9 Å². The van der Waals surface area contributed by atoms with Crippen LogP contribution < -0.4 is 4.74 Å². The molecule has 1 aromatic carbocycles. The van der Waals surface area contributed by atoms with Gasteiger partial charge in [0.2, 0.25) is 5.88 Å². The Labute approximate surface area is 117 Å². The Kier molecular flexibility index (Phi) is 3.37. The molecule has 102 valence electrons. The number of H-pyrrole nitrogens is 1. The van der Waals surface area contributed by atoms with Crippen LogP contribution in [0.2, 0.25) is 0 Å². The average molecular weight is 267 g/mol. The number of nitrogens with zero attached hydrogens (tertiary/aromatic N) is 2. The van der Waals surface area contributed by atoms with Crippen LogP contribution in [0.15, 0.2) is 42.6 Å². The molecule has 0 aliphatic rings. The highest BCUT2D eigenvalue weighted by molar-refractivity contribution is 5.85. The van der Waals surface area contributed by atoms with Gasteiger partial charge in [-0.25, -0.2) is 4.98 Å². The lowest BCUT2D eigenvalue weighted by atomic mass is 10.1. The summed E-state index contributed by atoms with van der Waals surface area (Å²) in [5.41, 5.74) is 3.13. The van der Waals surface area contributed by atoms with Gasteiger partial charge in [-0.05, 0) is 25.5 Å². The van der Waals surface area contributed by atoms with Gasteiger partial charge in [0, 0.05) is 18.3 Å². The lowest BCUT2D eigenvalue weighted by Crippen LogP contribution is -2.15. The van der Waals surface area contributed by atoms with E-state index in [-0.39, 0.29) is 6.10 Å². The monoisotopic (exact) mass is 267 g/mol. The fourth-order valence-electron chi connectivity index (χ4n) is 2.35. The van der Waals surface area contributed by atoms with E-state index < -0.39 is 0 Å². The van der Waals surface area contributed by atoms with Gasteiger partial charge in [0.25, 0.3) is 0 Å². The quantitative estimate of drug-likeness (QED) is 0.789. The Hall–Kier alpha value is -2.36. The molecule has 2 heterocycles. The number of fused-ring (bicyclic) bond motifs is 1. The third kappa shape index (κ3) is 2.50. The Morgan fingerprint density at radius 3 is 2.80 bits per heavy atom. The molecule has 0 amide bonds. The Bertz CT molecular complexity index is 706. The number of rotatable bonds is 4. The first-order chi connectivity index (χ1) is 9.74. The number of aryl methyl sites for hydroxylation is 1. The number of benzene rings is 1.